The molecule has 0 saturated heterocycles. The third-order valence-electron chi connectivity index (χ3n) is 3.36. The quantitative estimate of drug-likeness (QED) is 0.793. The third-order valence-corrected chi connectivity index (χ3v) is 3.36. The van der Waals surface area contributed by atoms with Gasteiger partial charge in [-0.15, -0.1) is 0 Å². The molecule has 0 spiro atoms. The van der Waals surface area contributed by atoms with Gasteiger partial charge in [0, 0.05) is 5.56 Å². The molecule has 0 aliphatic carbocycles. The molecular weight excluding hydrogens is 310 g/mol. The molecule has 2 unspecified atom stereocenters. The predicted molar refractivity (Wildman–Crippen MR) is 86.7 cm³/mol. The molecule has 0 heterocycles. The minimum atomic E-state index is -1.36. The van der Waals surface area contributed by atoms with E-state index in [0.717, 1.165) is 0 Å². The normalized spacial score (nSPS) is 12.7. The van der Waals surface area contributed by atoms with Crippen molar-refractivity contribution in [2.24, 2.45) is 0 Å². The number of rotatable bonds is 6. The fraction of sp³-hybridized carbons (Fsp3) is 0.167. The number of nitrogens with one attached hydrogen (secondary N) is 1. The number of carbonyl (C=O) groups is 3. The number of carboxylic acid groups (broad SMARTS) is 1. The van der Waals surface area contributed by atoms with Gasteiger partial charge in [-0.2, -0.15) is 0 Å². The molecule has 2 atom stereocenters. The molecule has 2 rings (SSSR count). The maximum atomic E-state index is 12.1. The number of benzene rings is 2. The zero-order valence-corrected chi connectivity index (χ0v) is 13.0. The highest BCUT2D eigenvalue weighted by Gasteiger charge is 2.30. The number of carbonyl (C=O) groups excluding carboxylic acids is 2. The summed E-state index contributed by atoms with van der Waals surface area (Å²) in [6.07, 6.45) is -1.04. The van der Waals surface area contributed by atoms with Crippen molar-refractivity contribution in [2.45, 2.75) is 19.1 Å². The van der Waals surface area contributed by atoms with E-state index in [1.165, 1.54) is 6.92 Å². The highest BCUT2D eigenvalue weighted by Crippen LogP contribution is 2.08. The second kappa shape index (κ2) is 7.92. The lowest BCUT2D eigenvalue weighted by atomic mass is 10.1. The fourth-order valence-electron chi connectivity index (χ4n) is 2.07. The third kappa shape index (κ3) is 4.42. The molecule has 6 nitrogen and oxygen atoms in total. The van der Waals surface area contributed by atoms with Crippen LogP contribution in [0.1, 0.15) is 27.6 Å². The van der Waals surface area contributed by atoms with Crippen LogP contribution in [0.3, 0.4) is 0 Å². The van der Waals surface area contributed by atoms with Crippen molar-refractivity contribution in [1.82, 2.24) is 5.32 Å². The largest absolute Gasteiger partial charge is 0.480 e. The van der Waals surface area contributed by atoms with Crippen LogP contribution < -0.4 is 5.32 Å². The summed E-state index contributed by atoms with van der Waals surface area (Å²) in [5.74, 6) is -2.48. The van der Waals surface area contributed by atoms with E-state index in [-0.39, 0.29) is 0 Å². The van der Waals surface area contributed by atoms with Crippen molar-refractivity contribution in [1.29, 1.82) is 0 Å². The zero-order chi connectivity index (χ0) is 17.5. The number of hydrogen-bond donors (Lipinski definition) is 2. The van der Waals surface area contributed by atoms with E-state index in [1.54, 1.807) is 60.7 Å². The van der Waals surface area contributed by atoms with Crippen LogP contribution in [0.2, 0.25) is 0 Å². The van der Waals surface area contributed by atoms with Gasteiger partial charge in [-0.3, -0.25) is 4.79 Å². The maximum absolute atomic E-state index is 12.1. The van der Waals surface area contributed by atoms with Gasteiger partial charge >= 0.3 is 11.9 Å². The molecule has 6 heteroatoms. The Hall–Kier alpha value is -3.15. The van der Waals surface area contributed by atoms with E-state index >= 15 is 0 Å². The topological polar surface area (TPSA) is 92.7 Å². The van der Waals surface area contributed by atoms with Crippen molar-refractivity contribution in [3.05, 3.63) is 71.8 Å². The molecular formula is C18H17NO5. The predicted octanol–water partition coefficient (Wildman–Crippen LogP) is 2.12. The molecule has 0 fully saturated rings. The number of aliphatic carboxylic acids is 1. The van der Waals surface area contributed by atoms with Gasteiger partial charge in [0.2, 0.25) is 0 Å². The van der Waals surface area contributed by atoms with Crippen LogP contribution in [0, 0.1) is 0 Å². The highest BCUT2D eigenvalue weighted by atomic mass is 16.5. The summed E-state index contributed by atoms with van der Waals surface area (Å²) in [6, 6.07) is 15.1. The van der Waals surface area contributed by atoms with Crippen LogP contribution in [-0.4, -0.2) is 35.1 Å². The zero-order valence-electron chi connectivity index (χ0n) is 13.0. The summed E-state index contributed by atoms with van der Waals surface area (Å²) in [7, 11) is 0. The first-order chi connectivity index (χ1) is 11.5. The Morgan fingerprint density at radius 2 is 1.42 bits per heavy atom. The first-order valence-corrected chi connectivity index (χ1v) is 7.34. The molecule has 0 saturated carbocycles. The summed E-state index contributed by atoms with van der Waals surface area (Å²) in [6.45, 7) is 1.42. The Balaban J connectivity index is 2.05. The SMILES string of the molecule is CC(OC(=O)c1ccccc1)C(NC(=O)c1ccccc1)C(=O)O. The second-order valence-corrected chi connectivity index (χ2v) is 5.13. The number of hydrogen-bond acceptors (Lipinski definition) is 4. The highest BCUT2D eigenvalue weighted by molar-refractivity contribution is 5.97. The summed E-state index contributed by atoms with van der Waals surface area (Å²) in [4.78, 5) is 35.5. The van der Waals surface area contributed by atoms with E-state index in [0.29, 0.717) is 11.1 Å². The minimum Gasteiger partial charge on any atom is -0.480 e. The summed E-state index contributed by atoms with van der Waals surface area (Å²) in [5, 5.41) is 11.7. The van der Waals surface area contributed by atoms with Gasteiger partial charge in [-0.05, 0) is 31.2 Å². The average molecular weight is 327 g/mol. The monoisotopic (exact) mass is 327 g/mol. The van der Waals surface area contributed by atoms with Gasteiger partial charge in [0.05, 0.1) is 5.56 Å². The average Bonchev–Trinajstić information content (AvgIpc) is 2.60. The molecule has 24 heavy (non-hydrogen) atoms. The molecule has 0 aromatic heterocycles. The van der Waals surface area contributed by atoms with Gasteiger partial charge in [0.15, 0.2) is 6.04 Å². The van der Waals surface area contributed by atoms with Gasteiger partial charge in [-0.25, -0.2) is 9.59 Å². The summed E-state index contributed by atoms with van der Waals surface area (Å²) < 4.78 is 5.16. The lowest BCUT2D eigenvalue weighted by Crippen LogP contribution is -2.49. The maximum Gasteiger partial charge on any atom is 0.338 e. The number of ether oxygens (including phenoxy) is 1. The van der Waals surface area contributed by atoms with E-state index in [4.69, 9.17) is 4.74 Å². The molecule has 0 aliphatic heterocycles. The Morgan fingerprint density at radius 3 is 1.92 bits per heavy atom. The molecule has 2 N–H and O–H groups in total. The molecule has 0 aliphatic rings. The van der Waals surface area contributed by atoms with Crippen molar-refractivity contribution in [2.75, 3.05) is 0 Å². The van der Waals surface area contributed by atoms with Crippen molar-refractivity contribution >= 4 is 17.8 Å². The molecule has 2 aromatic carbocycles. The van der Waals surface area contributed by atoms with Crippen LogP contribution in [0.25, 0.3) is 0 Å². The Bertz CT molecular complexity index is 715. The molecule has 2 aromatic rings. The van der Waals surface area contributed by atoms with E-state index in [2.05, 4.69) is 5.32 Å². The molecule has 124 valence electrons. The minimum absolute atomic E-state index is 0.308. The Labute approximate surface area is 139 Å². The lowest BCUT2D eigenvalue weighted by Gasteiger charge is -2.21. The van der Waals surface area contributed by atoms with Crippen LogP contribution in [0.4, 0.5) is 0 Å². The van der Waals surface area contributed by atoms with Crippen LogP contribution in [0.5, 0.6) is 0 Å². The lowest BCUT2D eigenvalue weighted by molar-refractivity contribution is -0.141. The molecule has 0 radical (unpaired) electrons. The smallest absolute Gasteiger partial charge is 0.338 e. The summed E-state index contributed by atoms with van der Waals surface area (Å²) >= 11 is 0. The van der Waals surface area contributed by atoms with Crippen molar-refractivity contribution in [3.8, 4) is 0 Å². The second-order valence-electron chi connectivity index (χ2n) is 5.13. The van der Waals surface area contributed by atoms with E-state index in [1.807, 2.05) is 0 Å². The van der Waals surface area contributed by atoms with Crippen LogP contribution in [0.15, 0.2) is 60.7 Å². The van der Waals surface area contributed by atoms with Gasteiger partial charge < -0.3 is 15.2 Å². The number of esters is 1. The van der Waals surface area contributed by atoms with E-state index in [9.17, 15) is 19.5 Å². The standard InChI is InChI=1S/C18H17NO5/c1-12(24-18(23)14-10-6-3-7-11-14)15(17(21)22)19-16(20)13-8-4-2-5-9-13/h2-12,15H,1H3,(H,19,20)(H,21,22). The summed E-state index contributed by atoms with van der Waals surface area (Å²) in [5.41, 5.74) is 0.633. The first-order valence-electron chi connectivity index (χ1n) is 7.34. The molecule has 0 bridgehead atoms. The van der Waals surface area contributed by atoms with Gasteiger partial charge in [0.25, 0.3) is 5.91 Å². The number of carboxylic acids is 1. The first kappa shape index (κ1) is 17.2. The Morgan fingerprint density at radius 1 is 0.917 bits per heavy atom. The van der Waals surface area contributed by atoms with E-state index < -0.39 is 30.0 Å². The fourth-order valence-corrected chi connectivity index (χ4v) is 2.07. The van der Waals surface area contributed by atoms with Crippen molar-refractivity contribution < 1.29 is 24.2 Å². The van der Waals surface area contributed by atoms with Crippen LogP contribution >= 0.6 is 0 Å². The molecule has 1 amide bonds. The Kier molecular flexibility index (Phi) is 5.68. The van der Waals surface area contributed by atoms with Crippen LogP contribution in [-0.2, 0) is 9.53 Å². The van der Waals surface area contributed by atoms with Gasteiger partial charge in [0.1, 0.15) is 6.10 Å². The van der Waals surface area contributed by atoms with Crippen molar-refractivity contribution in [3.63, 3.8) is 0 Å². The number of amides is 1. The van der Waals surface area contributed by atoms with Gasteiger partial charge in [-0.1, -0.05) is 36.4 Å².